The van der Waals surface area contributed by atoms with Crippen LogP contribution in [0.4, 0.5) is 17.1 Å². The molecule has 1 amide bonds. The van der Waals surface area contributed by atoms with Gasteiger partial charge in [-0.15, -0.1) is 0 Å². The highest BCUT2D eigenvalue weighted by atomic mass is 16.1. The molecule has 0 heterocycles. The Hall–Kier alpha value is -3.26. The summed E-state index contributed by atoms with van der Waals surface area (Å²) < 4.78 is 0. The molecule has 0 unspecified atom stereocenters. The molecule has 0 radical (unpaired) electrons. The minimum absolute atomic E-state index is 0.00672. The van der Waals surface area contributed by atoms with Crippen LogP contribution in [0.25, 0.3) is 0 Å². The van der Waals surface area contributed by atoms with E-state index in [0.717, 1.165) is 16.9 Å². The minimum atomic E-state index is -0.446. The third-order valence-electron chi connectivity index (χ3n) is 3.44. The lowest BCUT2D eigenvalue weighted by molar-refractivity contribution is -0.112. The maximum absolute atomic E-state index is 12.1. The number of hydrogen-bond acceptors (Lipinski definition) is 4. The highest BCUT2D eigenvalue weighted by Crippen LogP contribution is 2.16. The third kappa shape index (κ3) is 4.62. The summed E-state index contributed by atoms with van der Waals surface area (Å²) in [6.45, 7) is 1.97. The van der Waals surface area contributed by atoms with Gasteiger partial charge in [0.25, 0.3) is 5.91 Å². The summed E-state index contributed by atoms with van der Waals surface area (Å²) in [6.07, 6.45) is 1.41. The molecule has 2 aromatic carbocycles. The number of carbonyl (C=O) groups excluding carboxylic acids is 1. The number of amides is 1. The number of nitrogens with one attached hydrogen (secondary N) is 2. The van der Waals surface area contributed by atoms with Crippen LogP contribution in [-0.2, 0) is 4.79 Å². The Bertz CT molecular complexity index is 769. The van der Waals surface area contributed by atoms with Gasteiger partial charge in [-0.1, -0.05) is 17.7 Å². The van der Waals surface area contributed by atoms with Crippen LogP contribution in [0.15, 0.2) is 60.3 Å². The molecule has 0 aliphatic heterocycles. The Morgan fingerprint density at radius 2 is 1.62 bits per heavy atom. The maximum Gasteiger partial charge on any atom is 0.267 e. The number of aryl methyl sites for hydroxylation is 1. The summed E-state index contributed by atoms with van der Waals surface area (Å²) in [6, 6.07) is 17.0. The fraction of sp³-hybridized carbons (Fsp3) is 0.158. The molecule has 0 fully saturated rings. The van der Waals surface area contributed by atoms with Crippen LogP contribution in [0, 0.1) is 18.3 Å². The lowest BCUT2D eigenvalue weighted by Crippen LogP contribution is -2.14. The molecule has 5 nitrogen and oxygen atoms in total. The second kappa shape index (κ2) is 7.84. The fourth-order valence-electron chi connectivity index (χ4n) is 2.00. The van der Waals surface area contributed by atoms with Crippen molar-refractivity contribution in [3.05, 3.63) is 65.9 Å². The first kappa shape index (κ1) is 17.1. The van der Waals surface area contributed by atoms with Gasteiger partial charge in [-0.3, -0.25) is 4.79 Å². The van der Waals surface area contributed by atoms with E-state index in [1.54, 1.807) is 12.1 Å². The van der Waals surface area contributed by atoms with Crippen LogP contribution in [0.3, 0.4) is 0 Å². The Balaban J connectivity index is 2.04. The second-order valence-electron chi connectivity index (χ2n) is 5.58. The molecule has 0 bridgehead atoms. The van der Waals surface area contributed by atoms with Crippen LogP contribution in [-0.4, -0.2) is 20.0 Å². The zero-order valence-electron chi connectivity index (χ0n) is 14.0. The Morgan fingerprint density at radius 3 is 2.17 bits per heavy atom. The number of carbonyl (C=O) groups is 1. The molecule has 122 valence electrons. The molecule has 0 aromatic heterocycles. The molecule has 0 atom stereocenters. The van der Waals surface area contributed by atoms with Gasteiger partial charge in [-0.05, 0) is 43.3 Å². The average molecular weight is 320 g/mol. The number of nitriles is 1. The lowest BCUT2D eigenvalue weighted by atomic mass is 10.2. The third-order valence-corrected chi connectivity index (χ3v) is 3.44. The standard InChI is InChI=1S/C19H20N4O/c1-14-4-6-17(7-5-14)22-19(24)15(12-20)13-21-16-8-10-18(11-9-16)23(2)3/h4-11,13,21H,1-3H3,(H,22,24)/b15-13-. The number of hydrogen-bond donors (Lipinski definition) is 2. The molecular formula is C19H20N4O. The molecule has 2 N–H and O–H groups in total. The van der Waals surface area contributed by atoms with E-state index in [1.807, 2.05) is 68.4 Å². The first-order chi connectivity index (χ1) is 11.5. The van der Waals surface area contributed by atoms with Gasteiger partial charge in [0, 0.05) is 37.4 Å². The highest BCUT2D eigenvalue weighted by molar-refractivity contribution is 6.06. The van der Waals surface area contributed by atoms with Gasteiger partial charge in [0.05, 0.1) is 0 Å². The Morgan fingerprint density at radius 1 is 1.04 bits per heavy atom. The summed E-state index contributed by atoms with van der Waals surface area (Å²) in [5.74, 6) is -0.446. The van der Waals surface area contributed by atoms with Gasteiger partial charge in [0.1, 0.15) is 11.6 Å². The van der Waals surface area contributed by atoms with E-state index in [2.05, 4.69) is 10.6 Å². The Labute approximate surface area is 142 Å². The zero-order chi connectivity index (χ0) is 17.5. The average Bonchev–Trinajstić information content (AvgIpc) is 2.58. The predicted octanol–water partition coefficient (Wildman–Crippen LogP) is 3.52. The summed E-state index contributed by atoms with van der Waals surface area (Å²) >= 11 is 0. The van der Waals surface area contributed by atoms with E-state index in [9.17, 15) is 10.1 Å². The second-order valence-corrected chi connectivity index (χ2v) is 5.58. The van der Waals surface area contributed by atoms with Crippen LogP contribution >= 0.6 is 0 Å². The molecular weight excluding hydrogens is 300 g/mol. The molecule has 2 aromatic rings. The molecule has 0 spiro atoms. The number of anilines is 3. The summed E-state index contributed by atoms with van der Waals surface area (Å²) in [5, 5.41) is 14.9. The SMILES string of the molecule is Cc1ccc(NC(=O)/C(C#N)=C\Nc2ccc(N(C)C)cc2)cc1. The first-order valence-corrected chi connectivity index (χ1v) is 7.52. The Kier molecular flexibility index (Phi) is 5.58. The first-order valence-electron chi connectivity index (χ1n) is 7.52. The van der Waals surface area contributed by atoms with Crippen molar-refractivity contribution in [1.29, 1.82) is 5.26 Å². The normalized spacial score (nSPS) is 10.7. The van der Waals surface area contributed by atoms with Crippen molar-refractivity contribution in [3.63, 3.8) is 0 Å². The van der Waals surface area contributed by atoms with E-state index in [-0.39, 0.29) is 5.57 Å². The van der Waals surface area contributed by atoms with Crippen molar-refractivity contribution in [1.82, 2.24) is 0 Å². The molecule has 0 saturated heterocycles. The van der Waals surface area contributed by atoms with E-state index in [1.165, 1.54) is 6.20 Å². The van der Waals surface area contributed by atoms with Gasteiger partial charge in [0.15, 0.2) is 0 Å². The van der Waals surface area contributed by atoms with Crippen LogP contribution in [0.2, 0.25) is 0 Å². The topological polar surface area (TPSA) is 68.2 Å². The molecule has 24 heavy (non-hydrogen) atoms. The fourth-order valence-corrected chi connectivity index (χ4v) is 2.00. The van der Waals surface area contributed by atoms with Crippen molar-refractivity contribution >= 4 is 23.0 Å². The van der Waals surface area contributed by atoms with Gasteiger partial charge >= 0.3 is 0 Å². The molecule has 0 aliphatic rings. The largest absolute Gasteiger partial charge is 0.378 e. The highest BCUT2D eigenvalue weighted by Gasteiger charge is 2.09. The van der Waals surface area contributed by atoms with Gasteiger partial charge in [0.2, 0.25) is 0 Å². The van der Waals surface area contributed by atoms with Crippen LogP contribution in [0.1, 0.15) is 5.56 Å². The minimum Gasteiger partial charge on any atom is -0.378 e. The summed E-state index contributed by atoms with van der Waals surface area (Å²) in [7, 11) is 3.93. The van der Waals surface area contributed by atoms with Crippen LogP contribution < -0.4 is 15.5 Å². The smallest absolute Gasteiger partial charge is 0.267 e. The number of benzene rings is 2. The zero-order valence-corrected chi connectivity index (χ0v) is 14.0. The van der Waals surface area contributed by atoms with Crippen molar-refractivity contribution in [2.24, 2.45) is 0 Å². The molecule has 0 saturated carbocycles. The van der Waals surface area contributed by atoms with Crippen molar-refractivity contribution < 1.29 is 4.79 Å². The van der Waals surface area contributed by atoms with Gasteiger partial charge in [-0.25, -0.2) is 0 Å². The van der Waals surface area contributed by atoms with Crippen molar-refractivity contribution in [2.75, 3.05) is 29.6 Å². The number of nitrogens with zero attached hydrogens (tertiary/aromatic N) is 2. The predicted molar refractivity (Wildman–Crippen MR) is 97.9 cm³/mol. The van der Waals surface area contributed by atoms with Crippen LogP contribution in [0.5, 0.6) is 0 Å². The van der Waals surface area contributed by atoms with E-state index >= 15 is 0 Å². The molecule has 0 aliphatic carbocycles. The lowest BCUT2D eigenvalue weighted by Gasteiger charge is -2.12. The number of rotatable bonds is 5. The maximum atomic E-state index is 12.1. The van der Waals surface area contributed by atoms with Crippen molar-refractivity contribution in [3.8, 4) is 6.07 Å². The quantitative estimate of drug-likeness (QED) is 0.653. The molecule has 5 heteroatoms. The van der Waals surface area contributed by atoms with E-state index in [4.69, 9.17) is 0 Å². The summed E-state index contributed by atoms with van der Waals surface area (Å²) in [5.41, 5.74) is 3.64. The van der Waals surface area contributed by atoms with Crippen molar-refractivity contribution in [2.45, 2.75) is 6.92 Å². The van der Waals surface area contributed by atoms with E-state index < -0.39 is 5.91 Å². The summed E-state index contributed by atoms with van der Waals surface area (Å²) in [4.78, 5) is 14.1. The monoisotopic (exact) mass is 320 g/mol. The molecule has 2 rings (SSSR count). The van der Waals surface area contributed by atoms with Gasteiger partial charge in [-0.2, -0.15) is 5.26 Å². The van der Waals surface area contributed by atoms with Gasteiger partial charge < -0.3 is 15.5 Å². The van der Waals surface area contributed by atoms with E-state index in [0.29, 0.717) is 5.69 Å².